The molecule has 0 amide bonds. The van der Waals surface area contributed by atoms with Crippen LogP contribution in [0.3, 0.4) is 0 Å². The Balaban J connectivity index is 2.45. The van der Waals surface area contributed by atoms with Crippen molar-refractivity contribution in [3.63, 3.8) is 0 Å². The van der Waals surface area contributed by atoms with Gasteiger partial charge in [-0.25, -0.2) is 18.9 Å². The van der Waals surface area contributed by atoms with Crippen molar-refractivity contribution in [3.8, 4) is 5.88 Å². The van der Waals surface area contributed by atoms with Crippen molar-refractivity contribution in [2.45, 2.75) is 103 Å². The zero-order chi connectivity index (χ0) is 29.5. The zero-order valence-corrected chi connectivity index (χ0v) is 29.7. The SMILES string of the molecule is CN(C)P(=O)(Oc1nc(Cl)ccc1[C@H]1C[C@H](O[Si](C)(C)C(C)(C)C)[C@@H](CO[Si](C)(C)C(C)(C)C)O1)N(C)C. The van der Waals surface area contributed by atoms with E-state index in [0.29, 0.717) is 18.6 Å². The molecule has 0 aromatic carbocycles. The van der Waals surface area contributed by atoms with Gasteiger partial charge < -0.3 is 18.1 Å². The van der Waals surface area contributed by atoms with Crippen LogP contribution in [-0.4, -0.2) is 78.0 Å². The Morgan fingerprint density at radius 2 is 1.53 bits per heavy atom. The van der Waals surface area contributed by atoms with E-state index in [4.69, 9.17) is 29.7 Å². The monoisotopic (exact) mass is 607 g/mol. The highest BCUT2D eigenvalue weighted by Crippen LogP contribution is 2.52. The molecular weight excluding hydrogens is 557 g/mol. The van der Waals surface area contributed by atoms with E-state index in [-0.39, 0.29) is 39.4 Å². The summed E-state index contributed by atoms with van der Waals surface area (Å²) in [5, 5.41) is 0.398. The Labute approximate surface area is 238 Å². The van der Waals surface area contributed by atoms with Crippen molar-refractivity contribution in [1.82, 2.24) is 14.3 Å². The molecular formula is C26H51ClN3O5PSi2. The van der Waals surface area contributed by atoms with Gasteiger partial charge in [-0.05, 0) is 76.6 Å². The molecule has 220 valence electrons. The second-order valence-corrected chi connectivity index (χ2v) is 26.4. The Morgan fingerprint density at radius 1 is 1.00 bits per heavy atom. The summed E-state index contributed by atoms with van der Waals surface area (Å²) in [6.45, 7) is 22.9. The minimum Gasteiger partial charge on any atom is -0.414 e. The van der Waals surface area contributed by atoms with Crippen LogP contribution in [0.15, 0.2) is 12.1 Å². The molecule has 1 saturated heterocycles. The third kappa shape index (κ3) is 7.71. The lowest BCUT2D eigenvalue weighted by Gasteiger charge is -2.40. The Morgan fingerprint density at radius 3 is 2.00 bits per heavy atom. The van der Waals surface area contributed by atoms with Crippen LogP contribution in [0.4, 0.5) is 0 Å². The summed E-state index contributed by atoms with van der Waals surface area (Å²) < 4.78 is 43.1. The molecule has 0 unspecified atom stereocenters. The van der Waals surface area contributed by atoms with Gasteiger partial charge in [0.15, 0.2) is 16.6 Å². The first-order valence-electron chi connectivity index (χ1n) is 13.3. The molecule has 12 heteroatoms. The maximum Gasteiger partial charge on any atom is 0.395 e. The second-order valence-electron chi connectivity index (χ2n) is 13.7. The highest BCUT2D eigenvalue weighted by molar-refractivity contribution is 7.54. The van der Waals surface area contributed by atoms with Crippen LogP contribution in [-0.2, 0) is 18.2 Å². The fraction of sp³-hybridized carbons (Fsp3) is 0.808. The van der Waals surface area contributed by atoms with Crippen LogP contribution in [0.2, 0.25) is 41.4 Å². The van der Waals surface area contributed by atoms with E-state index >= 15 is 0 Å². The molecule has 0 aliphatic carbocycles. The molecule has 0 radical (unpaired) electrons. The summed E-state index contributed by atoms with van der Waals surface area (Å²) in [6.07, 6.45) is -0.147. The molecule has 1 aliphatic rings. The second kappa shape index (κ2) is 11.9. The van der Waals surface area contributed by atoms with Gasteiger partial charge in [0.2, 0.25) is 5.88 Å². The van der Waals surface area contributed by atoms with Gasteiger partial charge in [-0.3, -0.25) is 0 Å². The van der Waals surface area contributed by atoms with E-state index in [1.165, 1.54) is 0 Å². The van der Waals surface area contributed by atoms with Gasteiger partial charge in [-0.15, -0.1) is 0 Å². The maximum absolute atomic E-state index is 13.7. The largest absolute Gasteiger partial charge is 0.414 e. The summed E-state index contributed by atoms with van der Waals surface area (Å²) in [4.78, 5) is 4.43. The minimum absolute atomic E-state index is 0.0517. The van der Waals surface area contributed by atoms with Crippen molar-refractivity contribution in [1.29, 1.82) is 0 Å². The predicted molar refractivity (Wildman–Crippen MR) is 162 cm³/mol. The quantitative estimate of drug-likeness (QED) is 0.153. The van der Waals surface area contributed by atoms with Crippen LogP contribution in [0, 0.1) is 0 Å². The van der Waals surface area contributed by atoms with Gasteiger partial charge in [0.05, 0.1) is 18.8 Å². The fourth-order valence-corrected chi connectivity index (χ4v) is 7.56. The third-order valence-electron chi connectivity index (χ3n) is 8.29. The molecule has 1 aromatic rings. The molecule has 0 saturated carbocycles. The number of halogens is 1. The van der Waals surface area contributed by atoms with Crippen LogP contribution in [0.25, 0.3) is 0 Å². The molecule has 1 fully saturated rings. The summed E-state index contributed by atoms with van der Waals surface area (Å²) in [6, 6.07) is 3.57. The van der Waals surface area contributed by atoms with Gasteiger partial charge in [-0.1, -0.05) is 53.1 Å². The van der Waals surface area contributed by atoms with E-state index < -0.39 is 24.3 Å². The van der Waals surface area contributed by atoms with Gasteiger partial charge in [-0.2, -0.15) is 0 Å². The predicted octanol–water partition coefficient (Wildman–Crippen LogP) is 7.59. The molecule has 2 heterocycles. The van der Waals surface area contributed by atoms with Crippen molar-refractivity contribution in [3.05, 3.63) is 22.8 Å². The molecule has 8 nitrogen and oxygen atoms in total. The Kier molecular flexibility index (Phi) is 10.6. The number of hydrogen-bond acceptors (Lipinski definition) is 6. The number of aromatic nitrogens is 1. The molecule has 1 aromatic heterocycles. The van der Waals surface area contributed by atoms with Crippen molar-refractivity contribution < 1.29 is 22.7 Å². The van der Waals surface area contributed by atoms with Crippen molar-refractivity contribution in [2.24, 2.45) is 0 Å². The topological polar surface area (TPSA) is 73.4 Å². The van der Waals surface area contributed by atoms with E-state index in [1.807, 2.05) is 6.07 Å². The first kappa shape index (κ1) is 33.9. The molecule has 0 N–H and O–H groups in total. The fourth-order valence-electron chi connectivity index (χ4n) is 3.63. The van der Waals surface area contributed by atoms with Gasteiger partial charge in [0.25, 0.3) is 0 Å². The van der Waals surface area contributed by atoms with E-state index in [2.05, 4.69) is 72.7 Å². The average Bonchev–Trinajstić information content (AvgIpc) is 3.12. The lowest BCUT2D eigenvalue weighted by atomic mass is 10.1. The van der Waals surface area contributed by atoms with E-state index in [0.717, 1.165) is 0 Å². The molecule has 3 atom stereocenters. The number of nitrogens with zero attached hydrogens (tertiary/aromatic N) is 3. The highest BCUT2D eigenvalue weighted by Gasteiger charge is 2.47. The van der Waals surface area contributed by atoms with Gasteiger partial charge in [0, 0.05) is 12.0 Å². The van der Waals surface area contributed by atoms with Crippen LogP contribution >= 0.6 is 19.3 Å². The maximum atomic E-state index is 13.7. The van der Waals surface area contributed by atoms with Gasteiger partial charge >= 0.3 is 7.67 Å². The first-order chi connectivity index (χ1) is 17.0. The summed E-state index contributed by atoms with van der Waals surface area (Å²) in [5.41, 5.74) is 0.706. The Bertz CT molecular complexity index is 1000. The normalized spacial score (nSPS) is 22.0. The number of hydrogen-bond donors (Lipinski definition) is 0. The molecule has 1 aliphatic heterocycles. The number of ether oxygens (including phenoxy) is 1. The van der Waals surface area contributed by atoms with E-state index in [9.17, 15) is 4.57 Å². The molecule has 2 rings (SSSR count). The molecule has 38 heavy (non-hydrogen) atoms. The third-order valence-corrected chi connectivity index (χ3v) is 19.9. The van der Waals surface area contributed by atoms with Crippen LogP contribution in [0.1, 0.15) is 59.6 Å². The Hall–Kier alpha value is -0.296. The lowest BCUT2D eigenvalue weighted by molar-refractivity contribution is -0.0169. The highest BCUT2D eigenvalue weighted by atomic mass is 35.5. The van der Waals surface area contributed by atoms with Crippen molar-refractivity contribution in [2.75, 3.05) is 34.8 Å². The molecule has 0 spiro atoms. The smallest absolute Gasteiger partial charge is 0.395 e. The lowest BCUT2D eigenvalue weighted by Crippen LogP contribution is -2.48. The van der Waals surface area contributed by atoms with Crippen LogP contribution in [0.5, 0.6) is 5.88 Å². The van der Waals surface area contributed by atoms with Gasteiger partial charge in [0.1, 0.15) is 11.3 Å². The number of pyridine rings is 1. The summed E-state index contributed by atoms with van der Waals surface area (Å²) in [7, 11) is -0.594. The van der Waals surface area contributed by atoms with Crippen LogP contribution < -0.4 is 4.52 Å². The summed E-state index contributed by atoms with van der Waals surface area (Å²) in [5.74, 6) is 0.213. The standard InChI is InChI=1S/C26H51ClN3O5PSi2/c1-25(2,3)37(11,12)32-18-22-21(35-38(13,14)26(4,5)6)17-20(33-22)19-15-16-23(27)28-24(19)34-36(31,29(7)8)30(9)10/h15-16,20-22H,17-18H2,1-14H3/t20-,21+,22-/m1/s1. The average molecular weight is 608 g/mol. The number of rotatable bonds is 10. The zero-order valence-electron chi connectivity index (χ0n) is 26.0. The summed E-state index contributed by atoms with van der Waals surface area (Å²) >= 11 is 6.27. The van der Waals surface area contributed by atoms with Crippen molar-refractivity contribution >= 4 is 35.9 Å². The first-order valence-corrected chi connectivity index (χ1v) is 21.0. The minimum atomic E-state index is -3.37. The molecule has 0 bridgehead atoms. The van der Waals surface area contributed by atoms with E-state index in [1.54, 1.807) is 43.6 Å².